The van der Waals surface area contributed by atoms with Crippen molar-refractivity contribution in [2.75, 3.05) is 0 Å². The molecule has 4 aromatic rings. The first-order valence-corrected chi connectivity index (χ1v) is 24.1. The molecule has 2 saturated carbocycles. The molecule has 0 amide bonds. The van der Waals surface area contributed by atoms with Gasteiger partial charge in [-0.05, 0) is 171 Å². The van der Waals surface area contributed by atoms with Crippen LogP contribution < -0.4 is 0 Å². The molecule has 6 rings (SSSR count). The lowest BCUT2D eigenvalue weighted by atomic mass is 9.77. The molecule has 316 valence electrons. The van der Waals surface area contributed by atoms with Crippen LogP contribution in [0.25, 0.3) is 0 Å². The Bertz CT molecular complexity index is 1790. The summed E-state index contributed by atoms with van der Waals surface area (Å²) in [5, 5.41) is 20.1. The van der Waals surface area contributed by atoms with Gasteiger partial charge in [-0.25, -0.2) is 0 Å². The Hall–Kier alpha value is -4.47. The lowest BCUT2D eigenvalue weighted by molar-refractivity contribution is -0.119. The topological polar surface area (TPSA) is 64.7 Å². The molecular formula is C57H72N2O. The number of Topliss-reactive ketones (excluding diaryl/α,β-unsaturated/α-hetero) is 1. The van der Waals surface area contributed by atoms with Crippen molar-refractivity contribution in [1.29, 1.82) is 10.5 Å². The number of carbonyl (C=O) groups is 1. The summed E-state index contributed by atoms with van der Waals surface area (Å²) in [7, 11) is 0. The van der Waals surface area contributed by atoms with Crippen molar-refractivity contribution >= 4 is 5.78 Å². The summed E-state index contributed by atoms with van der Waals surface area (Å²) in [5.41, 5.74) is 10.1. The Labute approximate surface area is 364 Å². The van der Waals surface area contributed by atoms with E-state index in [2.05, 4.69) is 123 Å². The van der Waals surface area contributed by atoms with E-state index in [0.29, 0.717) is 30.5 Å². The van der Waals surface area contributed by atoms with Crippen LogP contribution in [0.3, 0.4) is 0 Å². The van der Waals surface area contributed by atoms with E-state index in [0.717, 1.165) is 74.3 Å². The Balaban J connectivity index is 0.829. The molecular weight excluding hydrogens is 729 g/mol. The Morgan fingerprint density at radius 3 is 1.18 bits per heavy atom. The highest BCUT2D eigenvalue weighted by Gasteiger charge is 2.24. The number of ketones is 1. The van der Waals surface area contributed by atoms with E-state index < -0.39 is 0 Å². The Morgan fingerprint density at radius 1 is 0.500 bits per heavy atom. The monoisotopic (exact) mass is 801 g/mol. The van der Waals surface area contributed by atoms with Gasteiger partial charge >= 0.3 is 0 Å². The molecule has 2 aliphatic rings. The van der Waals surface area contributed by atoms with Gasteiger partial charge < -0.3 is 0 Å². The number of rotatable bonds is 22. The second-order valence-corrected chi connectivity index (χ2v) is 18.7. The predicted octanol–water partition coefficient (Wildman–Crippen LogP) is 15.2. The normalized spacial score (nSPS) is 20.1. The molecule has 0 aliphatic heterocycles. The SMILES string of the molecule is CCCC1CCC(c2ccc(C(C#N)Cc3ccc(CCCCC(=O)CCCCc4ccc(CC(C#N)c5ccc(C6CCC(CCC)CC6)cc5)cc4)cc3)cc2)CC1. The molecule has 3 heteroatoms. The molecule has 4 aromatic carbocycles. The average molecular weight is 801 g/mol. The number of unbranched alkanes of at least 4 members (excludes halogenated alkanes) is 2. The summed E-state index contributed by atoms with van der Waals surface area (Å²) in [6.45, 7) is 4.60. The van der Waals surface area contributed by atoms with Crippen LogP contribution in [0.5, 0.6) is 0 Å². The van der Waals surface area contributed by atoms with Crippen molar-refractivity contribution in [3.05, 3.63) is 142 Å². The lowest BCUT2D eigenvalue weighted by Crippen LogP contribution is -2.13. The molecule has 0 bridgehead atoms. The molecule has 0 N–H and O–H groups in total. The van der Waals surface area contributed by atoms with Crippen LogP contribution in [0.2, 0.25) is 0 Å². The first-order chi connectivity index (χ1) is 29.4. The van der Waals surface area contributed by atoms with Gasteiger partial charge in [0.05, 0.1) is 24.0 Å². The van der Waals surface area contributed by atoms with Gasteiger partial charge in [0.25, 0.3) is 0 Å². The van der Waals surface area contributed by atoms with E-state index in [4.69, 9.17) is 0 Å². The highest BCUT2D eigenvalue weighted by Crippen LogP contribution is 2.39. The van der Waals surface area contributed by atoms with Gasteiger partial charge in [-0.2, -0.15) is 10.5 Å². The van der Waals surface area contributed by atoms with E-state index in [9.17, 15) is 15.3 Å². The molecule has 0 aromatic heterocycles. The Morgan fingerprint density at radius 2 is 0.850 bits per heavy atom. The number of hydrogen-bond acceptors (Lipinski definition) is 3. The Kier molecular flexibility index (Phi) is 18.1. The second-order valence-electron chi connectivity index (χ2n) is 18.7. The second kappa shape index (κ2) is 24.1. The smallest absolute Gasteiger partial charge is 0.132 e. The van der Waals surface area contributed by atoms with Crippen LogP contribution >= 0.6 is 0 Å². The van der Waals surface area contributed by atoms with Crippen molar-refractivity contribution in [1.82, 2.24) is 0 Å². The molecule has 2 fully saturated rings. The van der Waals surface area contributed by atoms with Crippen LogP contribution in [-0.2, 0) is 30.5 Å². The highest BCUT2D eigenvalue weighted by molar-refractivity contribution is 5.78. The zero-order valence-corrected chi connectivity index (χ0v) is 37.1. The first-order valence-electron chi connectivity index (χ1n) is 24.1. The molecule has 0 radical (unpaired) electrons. The maximum Gasteiger partial charge on any atom is 0.132 e. The number of carbonyl (C=O) groups excluding carboxylic acids is 1. The molecule has 0 heterocycles. The largest absolute Gasteiger partial charge is 0.300 e. The van der Waals surface area contributed by atoms with E-state index in [1.165, 1.54) is 110 Å². The van der Waals surface area contributed by atoms with Crippen LogP contribution in [0.1, 0.15) is 198 Å². The zero-order valence-electron chi connectivity index (χ0n) is 37.1. The first kappa shape index (κ1) is 45.1. The third-order valence-electron chi connectivity index (χ3n) is 14.3. The number of benzene rings is 4. The van der Waals surface area contributed by atoms with Gasteiger partial charge in [0.2, 0.25) is 0 Å². The molecule has 0 spiro atoms. The van der Waals surface area contributed by atoms with Gasteiger partial charge in [0.15, 0.2) is 0 Å². The zero-order chi connectivity index (χ0) is 41.9. The maximum absolute atomic E-state index is 12.7. The standard InChI is InChI=1S/C57H72N2O/c1-3-9-43-23-27-49(28-24-43)51-31-35-53(36-32-51)55(41-58)39-47-19-15-45(16-20-47)11-5-7-13-57(60)14-8-6-12-46-17-21-48(22-18-46)40-56(42-59)54-37-33-52(34-38-54)50-29-25-44(10-4-2)26-30-50/h15-22,31-38,43-44,49-50,55-56H,3-14,23-30,39-40H2,1-2H3. The van der Waals surface area contributed by atoms with Gasteiger partial charge in [-0.1, -0.05) is 137 Å². The fourth-order valence-corrected chi connectivity index (χ4v) is 10.4. The fourth-order valence-electron chi connectivity index (χ4n) is 10.4. The van der Waals surface area contributed by atoms with Gasteiger partial charge in [-0.3, -0.25) is 4.79 Å². The van der Waals surface area contributed by atoms with E-state index >= 15 is 0 Å². The summed E-state index contributed by atoms with van der Waals surface area (Å²) in [4.78, 5) is 12.7. The number of nitriles is 2. The van der Waals surface area contributed by atoms with Crippen molar-refractivity contribution in [2.45, 2.75) is 179 Å². The van der Waals surface area contributed by atoms with E-state index in [1.54, 1.807) is 0 Å². The number of nitrogens with zero attached hydrogens (tertiary/aromatic N) is 2. The van der Waals surface area contributed by atoms with E-state index in [1.807, 2.05) is 0 Å². The summed E-state index contributed by atoms with van der Waals surface area (Å²) >= 11 is 0. The number of hydrogen-bond donors (Lipinski definition) is 0. The van der Waals surface area contributed by atoms with Crippen LogP contribution in [0.15, 0.2) is 97.1 Å². The minimum absolute atomic E-state index is 0.135. The summed E-state index contributed by atoms with van der Waals surface area (Å²) in [6, 6.07) is 40.6. The molecule has 2 unspecified atom stereocenters. The molecule has 2 aliphatic carbocycles. The van der Waals surface area contributed by atoms with Crippen molar-refractivity contribution in [3.8, 4) is 12.1 Å². The van der Waals surface area contributed by atoms with Gasteiger partial charge in [-0.15, -0.1) is 0 Å². The lowest BCUT2D eigenvalue weighted by Gasteiger charge is -2.28. The maximum atomic E-state index is 12.7. The third-order valence-corrected chi connectivity index (χ3v) is 14.3. The van der Waals surface area contributed by atoms with Crippen molar-refractivity contribution in [3.63, 3.8) is 0 Å². The quantitative estimate of drug-likeness (QED) is 0.0744. The minimum atomic E-state index is -0.135. The molecule has 60 heavy (non-hydrogen) atoms. The van der Waals surface area contributed by atoms with Crippen molar-refractivity contribution < 1.29 is 4.79 Å². The van der Waals surface area contributed by atoms with Crippen LogP contribution in [0.4, 0.5) is 0 Å². The highest BCUT2D eigenvalue weighted by atomic mass is 16.1. The summed E-state index contributed by atoms with van der Waals surface area (Å²) in [5.74, 6) is 3.30. The van der Waals surface area contributed by atoms with Gasteiger partial charge in [0.1, 0.15) is 5.78 Å². The van der Waals surface area contributed by atoms with Crippen LogP contribution in [0, 0.1) is 34.5 Å². The van der Waals surface area contributed by atoms with E-state index in [-0.39, 0.29) is 11.8 Å². The third kappa shape index (κ3) is 13.8. The molecule has 2 atom stereocenters. The average Bonchev–Trinajstić information content (AvgIpc) is 3.29. The van der Waals surface area contributed by atoms with Crippen molar-refractivity contribution in [2.24, 2.45) is 11.8 Å². The molecule has 0 saturated heterocycles. The fraction of sp³-hybridized carbons (Fsp3) is 0.526. The van der Waals surface area contributed by atoms with Gasteiger partial charge in [0, 0.05) is 12.8 Å². The summed E-state index contributed by atoms with van der Waals surface area (Å²) < 4.78 is 0. The van der Waals surface area contributed by atoms with Crippen LogP contribution in [-0.4, -0.2) is 5.78 Å². The predicted molar refractivity (Wildman–Crippen MR) is 249 cm³/mol. The minimum Gasteiger partial charge on any atom is -0.300 e. The summed E-state index contributed by atoms with van der Waals surface area (Å²) in [6.07, 6.45) is 24.6. The molecule has 3 nitrogen and oxygen atoms in total. The number of aryl methyl sites for hydroxylation is 2.